The van der Waals surface area contributed by atoms with Crippen molar-refractivity contribution in [1.82, 2.24) is 10.1 Å². The Labute approximate surface area is 179 Å². The number of thioether (sulfide) groups is 1. The molecule has 2 aromatic heterocycles. The molecule has 1 unspecified atom stereocenters. The number of carbonyl (C=O) groups excluding carboxylic acids is 2. The SMILES string of the molecule is Cc1noc(C)c1CSc1ncccc1C(=O)OC(C)C(=O)N(C)c1ccccc1. The molecule has 0 saturated carbocycles. The number of ether oxygens (including phenoxy) is 1. The molecule has 8 heteroatoms. The fraction of sp³-hybridized carbons (Fsp3) is 0.273. The molecule has 1 aromatic carbocycles. The maximum absolute atomic E-state index is 12.8. The van der Waals surface area contributed by atoms with Crippen molar-refractivity contribution in [1.29, 1.82) is 0 Å². The number of amides is 1. The van der Waals surface area contributed by atoms with Crippen molar-refractivity contribution < 1.29 is 18.8 Å². The van der Waals surface area contributed by atoms with Gasteiger partial charge in [-0.15, -0.1) is 11.8 Å². The lowest BCUT2D eigenvalue weighted by molar-refractivity contribution is -0.126. The second kappa shape index (κ2) is 9.58. The predicted octanol–water partition coefficient (Wildman–Crippen LogP) is 4.19. The highest BCUT2D eigenvalue weighted by molar-refractivity contribution is 7.98. The number of anilines is 1. The summed E-state index contributed by atoms with van der Waals surface area (Å²) in [5, 5.41) is 4.47. The standard InChI is InChI=1S/C22H23N3O4S/c1-14-19(15(2)29-24-14)13-30-20-18(11-8-12-23-20)22(27)28-16(3)21(26)25(4)17-9-6-5-7-10-17/h5-12,16H,13H2,1-4H3. The third-order valence-corrected chi connectivity index (χ3v) is 5.66. The van der Waals surface area contributed by atoms with Gasteiger partial charge in [-0.1, -0.05) is 23.4 Å². The van der Waals surface area contributed by atoms with E-state index in [2.05, 4.69) is 10.1 Å². The summed E-state index contributed by atoms with van der Waals surface area (Å²) in [5.41, 5.74) is 2.82. The summed E-state index contributed by atoms with van der Waals surface area (Å²) in [7, 11) is 1.65. The second-order valence-electron chi connectivity index (χ2n) is 6.73. The van der Waals surface area contributed by atoms with Crippen molar-refractivity contribution in [3.05, 3.63) is 71.2 Å². The number of rotatable bonds is 7. The second-order valence-corrected chi connectivity index (χ2v) is 7.69. The highest BCUT2D eigenvalue weighted by Gasteiger charge is 2.25. The molecule has 1 amide bonds. The molecule has 3 rings (SSSR count). The van der Waals surface area contributed by atoms with Gasteiger partial charge in [0.2, 0.25) is 0 Å². The molecule has 2 heterocycles. The van der Waals surface area contributed by atoms with Crippen LogP contribution < -0.4 is 4.90 Å². The fourth-order valence-corrected chi connectivity index (χ4v) is 3.97. The first kappa shape index (κ1) is 21.6. The van der Waals surface area contributed by atoms with Crippen LogP contribution in [0.2, 0.25) is 0 Å². The number of pyridine rings is 1. The zero-order chi connectivity index (χ0) is 21.7. The van der Waals surface area contributed by atoms with Crippen molar-refractivity contribution in [2.24, 2.45) is 0 Å². The summed E-state index contributed by atoms with van der Waals surface area (Å²) in [5.74, 6) is 0.391. The van der Waals surface area contributed by atoms with Crippen LogP contribution in [0, 0.1) is 13.8 Å². The van der Waals surface area contributed by atoms with Crippen LogP contribution in [0.4, 0.5) is 5.69 Å². The van der Waals surface area contributed by atoms with E-state index in [0.29, 0.717) is 16.3 Å². The zero-order valence-corrected chi connectivity index (χ0v) is 18.1. The Morgan fingerprint density at radius 1 is 1.17 bits per heavy atom. The van der Waals surface area contributed by atoms with Crippen molar-refractivity contribution in [2.45, 2.75) is 37.7 Å². The van der Waals surface area contributed by atoms with Gasteiger partial charge in [0.05, 0.1) is 11.3 Å². The lowest BCUT2D eigenvalue weighted by atomic mass is 10.2. The summed E-state index contributed by atoms with van der Waals surface area (Å²) in [6, 6.07) is 12.5. The minimum absolute atomic E-state index is 0.316. The number of likely N-dealkylation sites (N-methyl/N-ethyl adjacent to an activating group) is 1. The normalized spacial score (nSPS) is 11.7. The quantitative estimate of drug-likeness (QED) is 0.414. The first-order valence-electron chi connectivity index (χ1n) is 9.41. The van der Waals surface area contributed by atoms with Crippen molar-refractivity contribution in [3.63, 3.8) is 0 Å². The first-order chi connectivity index (χ1) is 14.4. The van der Waals surface area contributed by atoms with Gasteiger partial charge in [-0.2, -0.15) is 0 Å². The summed E-state index contributed by atoms with van der Waals surface area (Å²) in [6.45, 7) is 5.28. The molecule has 0 spiro atoms. The van der Waals surface area contributed by atoms with Crippen LogP contribution in [0.3, 0.4) is 0 Å². The Hall–Kier alpha value is -3.13. The van der Waals surface area contributed by atoms with Gasteiger partial charge in [0.25, 0.3) is 5.91 Å². The topological polar surface area (TPSA) is 85.5 Å². The molecule has 7 nitrogen and oxygen atoms in total. The Morgan fingerprint density at radius 3 is 2.57 bits per heavy atom. The molecule has 0 aliphatic heterocycles. The van der Waals surface area contributed by atoms with Gasteiger partial charge in [-0.25, -0.2) is 9.78 Å². The first-order valence-corrected chi connectivity index (χ1v) is 10.4. The van der Waals surface area contributed by atoms with E-state index in [0.717, 1.165) is 22.7 Å². The molecule has 3 aromatic rings. The van der Waals surface area contributed by atoms with Gasteiger partial charge in [0.1, 0.15) is 10.8 Å². The Morgan fingerprint density at radius 2 is 1.90 bits per heavy atom. The highest BCUT2D eigenvalue weighted by Crippen LogP contribution is 2.27. The van der Waals surface area contributed by atoms with Crippen LogP contribution in [0.5, 0.6) is 0 Å². The summed E-state index contributed by atoms with van der Waals surface area (Å²) >= 11 is 1.39. The van der Waals surface area contributed by atoms with Crippen LogP contribution in [0.15, 0.2) is 58.2 Å². The van der Waals surface area contributed by atoms with Gasteiger partial charge < -0.3 is 14.2 Å². The van der Waals surface area contributed by atoms with Gasteiger partial charge in [-0.05, 0) is 45.0 Å². The number of para-hydroxylation sites is 1. The third kappa shape index (κ3) is 4.88. The number of aromatic nitrogens is 2. The molecule has 0 aliphatic carbocycles. The van der Waals surface area contributed by atoms with E-state index in [-0.39, 0.29) is 5.91 Å². The summed E-state index contributed by atoms with van der Waals surface area (Å²) in [4.78, 5) is 31.2. The number of carbonyl (C=O) groups is 2. The van der Waals surface area contributed by atoms with E-state index in [4.69, 9.17) is 9.26 Å². The molecule has 1 atom stereocenters. The highest BCUT2D eigenvalue weighted by atomic mass is 32.2. The Bertz CT molecular complexity index is 1020. The number of nitrogens with zero attached hydrogens (tertiary/aromatic N) is 3. The number of hydrogen-bond acceptors (Lipinski definition) is 7. The summed E-state index contributed by atoms with van der Waals surface area (Å²) in [6.07, 6.45) is 0.674. The van der Waals surface area contributed by atoms with Gasteiger partial charge in [0, 0.05) is 30.2 Å². The van der Waals surface area contributed by atoms with Crippen LogP contribution in [0.1, 0.15) is 34.3 Å². The molecule has 0 radical (unpaired) electrons. The van der Waals surface area contributed by atoms with E-state index in [1.54, 1.807) is 32.3 Å². The van der Waals surface area contributed by atoms with Crippen molar-refractivity contribution in [3.8, 4) is 0 Å². The molecule has 0 fully saturated rings. The minimum atomic E-state index is -0.941. The average Bonchev–Trinajstić information content (AvgIpc) is 3.09. The molecular formula is C22H23N3O4S. The van der Waals surface area contributed by atoms with Crippen LogP contribution in [0.25, 0.3) is 0 Å². The van der Waals surface area contributed by atoms with E-state index < -0.39 is 12.1 Å². The van der Waals surface area contributed by atoms with E-state index in [1.807, 2.05) is 44.2 Å². The van der Waals surface area contributed by atoms with Gasteiger partial charge >= 0.3 is 5.97 Å². The van der Waals surface area contributed by atoms with Gasteiger partial charge in [-0.3, -0.25) is 4.79 Å². The number of esters is 1. The predicted molar refractivity (Wildman–Crippen MR) is 115 cm³/mol. The molecule has 156 valence electrons. The van der Waals surface area contributed by atoms with E-state index >= 15 is 0 Å². The maximum atomic E-state index is 12.8. The molecule has 0 saturated heterocycles. The largest absolute Gasteiger partial charge is 0.449 e. The monoisotopic (exact) mass is 425 g/mol. The number of benzene rings is 1. The van der Waals surface area contributed by atoms with Crippen LogP contribution >= 0.6 is 11.8 Å². The summed E-state index contributed by atoms with van der Waals surface area (Å²) < 4.78 is 10.6. The third-order valence-electron chi connectivity index (χ3n) is 4.63. The zero-order valence-electron chi connectivity index (χ0n) is 17.3. The smallest absolute Gasteiger partial charge is 0.341 e. The number of hydrogen-bond donors (Lipinski definition) is 0. The molecule has 0 N–H and O–H groups in total. The van der Waals surface area contributed by atoms with Crippen molar-refractivity contribution >= 4 is 29.3 Å². The minimum Gasteiger partial charge on any atom is -0.449 e. The molecule has 0 bridgehead atoms. The van der Waals surface area contributed by atoms with Crippen LogP contribution in [-0.2, 0) is 15.3 Å². The van der Waals surface area contributed by atoms with E-state index in [9.17, 15) is 9.59 Å². The maximum Gasteiger partial charge on any atom is 0.341 e. The Balaban J connectivity index is 1.68. The lowest BCUT2D eigenvalue weighted by Gasteiger charge is -2.21. The number of aryl methyl sites for hydroxylation is 2. The molecular weight excluding hydrogens is 402 g/mol. The lowest BCUT2D eigenvalue weighted by Crippen LogP contribution is -2.37. The fourth-order valence-electron chi connectivity index (χ4n) is 2.84. The van der Waals surface area contributed by atoms with E-state index in [1.165, 1.54) is 16.7 Å². The van der Waals surface area contributed by atoms with Gasteiger partial charge in [0.15, 0.2) is 6.10 Å². The average molecular weight is 426 g/mol. The van der Waals surface area contributed by atoms with Crippen molar-refractivity contribution in [2.75, 3.05) is 11.9 Å². The molecule has 30 heavy (non-hydrogen) atoms. The Kier molecular flexibility index (Phi) is 6.89. The van der Waals surface area contributed by atoms with Crippen LogP contribution in [-0.4, -0.2) is 35.2 Å². The molecule has 0 aliphatic rings.